The summed E-state index contributed by atoms with van der Waals surface area (Å²) in [6.07, 6.45) is 0. The molecule has 0 spiro atoms. The van der Waals surface area contributed by atoms with Crippen molar-refractivity contribution in [3.63, 3.8) is 0 Å². The number of azo groups is 1. The first kappa shape index (κ1) is 22.5. The molecule has 156 valence electrons. The number of methoxy groups -OCH3 is 2. The van der Waals surface area contributed by atoms with E-state index in [1.807, 2.05) is 0 Å². The zero-order valence-electron chi connectivity index (χ0n) is 16.1. The summed E-state index contributed by atoms with van der Waals surface area (Å²) in [4.78, 5) is 47.3. The third kappa shape index (κ3) is 5.40. The number of hydrogen-bond acceptors (Lipinski definition) is 10. The van der Waals surface area contributed by atoms with E-state index >= 15 is 0 Å². The van der Waals surface area contributed by atoms with Crippen LogP contribution in [0.15, 0.2) is 46.6 Å². The summed E-state index contributed by atoms with van der Waals surface area (Å²) < 4.78 is 9.27. The second-order valence-corrected chi connectivity index (χ2v) is 5.88. The number of hydrogen-bond donors (Lipinski definition) is 2. The largest absolute Gasteiger partial charge is 0.465 e. The highest BCUT2D eigenvalue weighted by molar-refractivity contribution is 6.01. The van der Waals surface area contributed by atoms with E-state index < -0.39 is 36.7 Å². The minimum Gasteiger partial charge on any atom is -0.465 e. The first-order valence-corrected chi connectivity index (χ1v) is 8.49. The molecule has 10 nitrogen and oxygen atoms in total. The molecule has 0 saturated carbocycles. The number of carbonyl (C=O) groups excluding carboxylic acids is 4. The van der Waals surface area contributed by atoms with Crippen LogP contribution in [0, 0.1) is 0 Å². The summed E-state index contributed by atoms with van der Waals surface area (Å²) in [6.45, 7) is -1.54. The number of aliphatic hydroxyl groups excluding tert-OH is 2. The molecule has 0 aromatic heterocycles. The summed E-state index contributed by atoms with van der Waals surface area (Å²) in [5.74, 6) is -2.72. The van der Waals surface area contributed by atoms with E-state index in [0.29, 0.717) is 0 Å². The Morgan fingerprint density at radius 1 is 0.667 bits per heavy atom. The van der Waals surface area contributed by atoms with Crippen molar-refractivity contribution in [1.29, 1.82) is 0 Å². The Hall–Kier alpha value is -3.76. The Labute approximate surface area is 170 Å². The van der Waals surface area contributed by atoms with Gasteiger partial charge >= 0.3 is 11.9 Å². The minimum absolute atomic E-state index is 0.0187. The van der Waals surface area contributed by atoms with Gasteiger partial charge in [-0.2, -0.15) is 10.2 Å². The van der Waals surface area contributed by atoms with Gasteiger partial charge in [-0.15, -0.1) is 0 Å². The maximum atomic E-state index is 11.8. The number of Topliss-reactive ketones (excluding diaryl/α,β-unsaturated/α-hetero) is 2. The van der Waals surface area contributed by atoms with Gasteiger partial charge in [0.05, 0.1) is 36.7 Å². The van der Waals surface area contributed by atoms with Crippen LogP contribution in [-0.4, -0.2) is 61.2 Å². The first-order chi connectivity index (χ1) is 14.3. The summed E-state index contributed by atoms with van der Waals surface area (Å²) in [7, 11) is 2.34. The van der Waals surface area contributed by atoms with Gasteiger partial charge in [-0.25, -0.2) is 9.59 Å². The predicted octanol–water partition coefficient (Wildman–Crippen LogP) is 2.03. The van der Waals surface area contributed by atoms with Crippen LogP contribution >= 0.6 is 0 Å². The topological polar surface area (TPSA) is 152 Å². The highest BCUT2D eigenvalue weighted by atomic mass is 16.5. The molecule has 0 fully saturated rings. The molecular formula is C20H18N2O8. The fourth-order valence-corrected chi connectivity index (χ4v) is 2.43. The summed E-state index contributed by atoms with van der Waals surface area (Å²) >= 11 is 0. The van der Waals surface area contributed by atoms with Crippen molar-refractivity contribution >= 4 is 34.9 Å². The monoisotopic (exact) mass is 414 g/mol. The van der Waals surface area contributed by atoms with Crippen LogP contribution in [-0.2, 0) is 9.47 Å². The van der Waals surface area contributed by atoms with Crippen molar-refractivity contribution in [3.8, 4) is 0 Å². The van der Waals surface area contributed by atoms with Crippen molar-refractivity contribution in [1.82, 2.24) is 0 Å². The quantitative estimate of drug-likeness (QED) is 0.378. The molecule has 0 bridgehead atoms. The van der Waals surface area contributed by atoms with Crippen molar-refractivity contribution in [2.24, 2.45) is 10.2 Å². The average molecular weight is 414 g/mol. The molecule has 30 heavy (non-hydrogen) atoms. The van der Waals surface area contributed by atoms with Crippen molar-refractivity contribution < 1.29 is 38.9 Å². The first-order valence-electron chi connectivity index (χ1n) is 8.49. The second-order valence-electron chi connectivity index (χ2n) is 5.88. The Bertz CT molecular complexity index is 879. The van der Waals surface area contributed by atoms with Crippen LogP contribution < -0.4 is 0 Å². The van der Waals surface area contributed by atoms with Crippen molar-refractivity contribution in [3.05, 3.63) is 58.7 Å². The number of ether oxygens (including phenoxy) is 2. The lowest BCUT2D eigenvalue weighted by Gasteiger charge is -2.06. The highest BCUT2D eigenvalue weighted by Crippen LogP contribution is 2.24. The molecule has 0 aliphatic heterocycles. The lowest BCUT2D eigenvalue weighted by atomic mass is 10.1. The molecule has 2 N–H and O–H groups in total. The molecule has 0 aliphatic carbocycles. The van der Waals surface area contributed by atoms with E-state index in [9.17, 15) is 19.2 Å². The van der Waals surface area contributed by atoms with E-state index in [1.54, 1.807) is 0 Å². The van der Waals surface area contributed by atoms with Gasteiger partial charge in [0.2, 0.25) is 0 Å². The number of carbonyl (C=O) groups is 4. The zero-order valence-corrected chi connectivity index (χ0v) is 16.1. The molecule has 10 heteroatoms. The molecular weight excluding hydrogens is 396 g/mol. The van der Waals surface area contributed by atoms with Gasteiger partial charge in [0.25, 0.3) is 0 Å². The van der Waals surface area contributed by atoms with Crippen molar-refractivity contribution in [2.75, 3.05) is 27.4 Å². The SMILES string of the molecule is COC(=O)c1cc(N=Nc2cc(C(=O)CO)cc(C(=O)OC)c2)cc(C(=O)CO)c1. The molecule has 2 rings (SSSR count). The summed E-state index contributed by atoms with van der Waals surface area (Å²) in [5.41, 5.74) is 0.263. The number of rotatable bonds is 8. The molecule has 0 amide bonds. The smallest absolute Gasteiger partial charge is 0.337 e. The van der Waals surface area contributed by atoms with Crippen LogP contribution in [0.3, 0.4) is 0 Å². The number of aliphatic hydroxyl groups is 2. The van der Waals surface area contributed by atoms with E-state index in [1.165, 1.54) is 50.6 Å². The lowest BCUT2D eigenvalue weighted by Crippen LogP contribution is -2.08. The number of nitrogens with zero attached hydrogens (tertiary/aromatic N) is 2. The normalized spacial score (nSPS) is 10.7. The molecule has 0 unspecified atom stereocenters. The summed E-state index contributed by atoms with van der Waals surface area (Å²) in [5, 5.41) is 26.0. The van der Waals surface area contributed by atoms with E-state index in [2.05, 4.69) is 19.7 Å². The van der Waals surface area contributed by atoms with Gasteiger partial charge < -0.3 is 19.7 Å². The Kier molecular flexibility index (Phi) is 7.62. The van der Waals surface area contributed by atoms with Gasteiger partial charge in [-0.05, 0) is 36.4 Å². The summed E-state index contributed by atoms with van der Waals surface area (Å²) in [6, 6.07) is 7.73. The fourth-order valence-electron chi connectivity index (χ4n) is 2.43. The third-order valence-corrected chi connectivity index (χ3v) is 3.89. The van der Waals surface area contributed by atoms with Gasteiger partial charge in [0, 0.05) is 11.1 Å². The van der Waals surface area contributed by atoms with Gasteiger partial charge in [-0.3, -0.25) is 9.59 Å². The van der Waals surface area contributed by atoms with Gasteiger partial charge in [0.1, 0.15) is 13.2 Å². The van der Waals surface area contributed by atoms with Crippen LogP contribution in [0.5, 0.6) is 0 Å². The Balaban J connectivity index is 2.52. The van der Waals surface area contributed by atoms with Crippen molar-refractivity contribution in [2.45, 2.75) is 0 Å². The predicted molar refractivity (Wildman–Crippen MR) is 103 cm³/mol. The average Bonchev–Trinajstić information content (AvgIpc) is 2.79. The third-order valence-electron chi connectivity index (χ3n) is 3.89. The lowest BCUT2D eigenvalue weighted by molar-refractivity contribution is 0.0591. The molecule has 0 saturated heterocycles. The van der Waals surface area contributed by atoms with Gasteiger partial charge in [0.15, 0.2) is 11.6 Å². The maximum absolute atomic E-state index is 11.8. The number of benzene rings is 2. The number of ketones is 2. The van der Waals surface area contributed by atoms with E-state index in [-0.39, 0.29) is 33.6 Å². The second kappa shape index (κ2) is 10.1. The molecule has 2 aromatic carbocycles. The zero-order chi connectivity index (χ0) is 22.3. The molecule has 0 radical (unpaired) electrons. The van der Waals surface area contributed by atoms with Crippen LogP contribution in [0.4, 0.5) is 11.4 Å². The van der Waals surface area contributed by atoms with Crippen LogP contribution in [0.2, 0.25) is 0 Å². The van der Waals surface area contributed by atoms with Crippen LogP contribution in [0.25, 0.3) is 0 Å². The van der Waals surface area contributed by atoms with E-state index in [0.717, 1.165) is 0 Å². The molecule has 0 aliphatic rings. The molecule has 2 aromatic rings. The van der Waals surface area contributed by atoms with Gasteiger partial charge in [-0.1, -0.05) is 0 Å². The maximum Gasteiger partial charge on any atom is 0.337 e. The van der Waals surface area contributed by atoms with E-state index in [4.69, 9.17) is 10.2 Å². The Morgan fingerprint density at radius 3 is 1.30 bits per heavy atom. The molecule has 0 atom stereocenters. The highest BCUT2D eigenvalue weighted by Gasteiger charge is 2.15. The van der Waals surface area contributed by atoms with Crippen LogP contribution in [0.1, 0.15) is 41.4 Å². The fraction of sp³-hybridized carbons (Fsp3) is 0.200. The Morgan fingerprint density at radius 2 is 1.00 bits per heavy atom. The minimum atomic E-state index is -0.769. The molecule has 0 heterocycles. The standard InChI is InChI=1S/C20H18N2O8/c1-29-19(27)13-3-11(17(25)9-23)5-15(7-13)21-22-16-6-12(18(26)10-24)4-14(8-16)20(28)30-2/h3-8,23-24H,9-10H2,1-2H3. The number of esters is 2.